The lowest BCUT2D eigenvalue weighted by Crippen LogP contribution is -2.22. The first-order valence-corrected chi connectivity index (χ1v) is 7.65. The van der Waals surface area contributed by atoms with Gasteiger partial charge in [0.25, 0.3) is 0 Å². The molecule has 2 N–H and O–H groups in total. The van der Waals surface area contributed by atoms with Gasteiger partial charge in [0.05, 0.1) is 6.61 Å². The highest BCUT2D eigenvalue weighted by molar-refractivity contribution is 5.99. The molecule has 1 rings (SSSR count). The van der Waals surface area contributed by atoms with E-state index < -0.39 is 23.5 Å². The summed E-state index contributed by atoms with van der Waals surface area (Å²) in [6.45, 7) is 6.83. The highest BCUT2D eigenvalue weighted by atomic mass is 16.6. The summed E-state index contributed by atoms with van der Waals surface area (Å²) in [6.07, 6.45) is 3.05. The third kappa shape index (κ3) is 6.29. The second-order valence-corrected chi connectivity index (χ2v) is 6.32. The summed E-state index contributed by atoms with van der Waals surface area (Å²) in [7, 11) is 0. The minimum absolute atomic E-state index is 0.0172. The normalized spacial score (nSPS) is 11.4. The van der Waals surface area contributed by atoms with Gasteiger partial charge in [0.2, 0.25) is 0 Å². The fourth-order valence-electron chi connectivity index (χ4n) is 2.01. The topological polar surface area (TPSA) is 110 Å². The van der Waals surface area contributed by atoms with Gasteiger partial charge in [0.1, 0.15) is 22.5 Å². The molecule has 0 saturated heterocycles. The summed E-state index contributed by atoms with van der Waals surface area (Å²) >= 11 is 0. The summed E-state index contributed by atoms with van der Waals surface area (Å²) in [4.78, 5) is 34.2. The number of carboxylic acid groups (broad SMARTS) is 2. The Labute approximate surface area is 145 Å². The Morgan fingerprint density at radius 1 is 1.12 bits per heavy atom. The van der Waals surface area contributed by atoms with Gasteiger partial charge in [-0.1, -0.05) is 12.1 Å². The molecule has 7 heteroatoms. The lowest BCUT2D eigenvalue weighted by atomic mass is 10.0. The summed E-state index contributed by atoms with van der Waals surface area (Å²) in [5, 5.41) is 18.5. The minimum atomic E-state index is -1.28. The zero-order chi connectivity index (χ0) is 19.2. The third-order valence-electron chi connectivity index (χ3n) is 3.00. The molecule has 136 valence electrons. The van der Waals surface area contributed by atoms with Gasteiger partial charge in [0, 0.05) is 6.08 Å². The first kappa shape index (κ1) is 20.2. The maximum Gasteiger partial charge on any atom is 0.339 e. The van der Waals surface area contributed by atoms with Gasteiger partial charge in [-0.2, -0.15) is 0 Å². The van der Waals surface area contributed by atoms with E-state index in [1.807, 2.05) is 0 Å². The number of esters is 1. The van der Waals surface area contributed by atoms with Crippen LogP contribution in [0, 0.1) is 6.92 Å². The number of carboxylic acids is 2. The lowest BCUT2D eigenvalue weighted by Gasteiger charge is -2.17. The van der Waals surface area contributed by atoms with Gasteiger partial charge in [-0.05, 0) is 45.7 Å². The summed E-state index contributed by atoms with van der Waals surface area (Å²) in [6, 6.07) is 2.72. The Bertz CT molecular complexity index is 696. The van der Waals surface area contributed by atoms with Crippen LogP contribution in [0.4, 0.5) is 0 Å². The van der Waals surface area contributed by atoms with Crippen molar-refractivity contribution in [1.29, 1.82) is 0 Å². The van der Waals surface area contributed by atoms with E-state index in [2.05, 4.69) is 0 Å². The number of rotatable bonds is 7. The molecule has 0 heterocycles. The van der Waals surface area contributed by atoms with Crippen LogP contribution in [-0.2, 0) is 9.53 Å². The molecule has 0 aliphatic carbocycles. The molecule has 0 spiro atoms. The second kappa shape index (κ2) is 8.32. The molecule has 0 aromatic heterocycles. The van der Waals surface area contributed by atoms with Crippen LogP contribution in [0.2, 0.25) is 0 Å². The third-order valence-corrected chi connectivity index (χ3v) is 3.00. The van der Waals surface area contributed by atoms with E-state index in [9.17, 15) is 24.6 Å². The molecule has 0 unspecified atom stereocenters. The number of hydrogen-bond donors (Lipinski definition) is 2. The highest BCUT2D eigenvalue weighted by Gasteiger charge is 2.22. The predicted octanol–water partition coefficient (Wildman–Crippen LogP) is 3.06. The van der Waals surface area contributed by atoms with Crippen LogP contribution in [0.1, 0.15) is 53.5 Å². The Morgan fingerprint density at radius 2 is 1.76 bits per heavy atom. The zero-order valence-electron chi connectivity index (χ0n) is 14.7. The van der Waals surface area contributed by atoms with Crippen molar-refractivity contribution in [3.05, 3.63) is 41.0 Å². The average molecular weight is 350 g/mol. The largest absolute Gasteiger partial charge is 0.491 e. The Kier molecular flexibility index (Phi) is 6.73. The number of ether oxygens (including phenoxy) is 2. The lowest BCUT2D eigenvalue weighted by molar-refractivity contribution is -0.148. The average Bonchev–Trinajstić information content (AvgIpc) is 2.44. The van der Waals surface area contributed by atoms with E-state index >= 15 is 0 Å². The first-order chi connectivity index (χ1) is 11.5. The number of carbonyl (C=O) groups excluding carboxylic acids is 1. The standard InChI is InChI=1S/C18H22O7/c1-11-8-9-12(16(20)21)15(14(11)17(22)23)24-10-6-5-7-13(19)25-18(2,3)4/h5,7-9H,6,10H2,1-4H3,(H,20,21)(H,22,23). The predicted molar refractivity (Wildman–Crippen MR) is 90.2 cm³/mol. The van der Waals surface area contributed by atoms with Crippen molar-refractivity contribution in [1.82, 2.24) is 0 Å². The van der Waals surface area contributed by atoms with E-state index in [0.717, 1.165) is 0 Å². The van der Waals surface area contributed by atoms with Gasteiger partial charge >= 0.3 is 17.9 Å². The van der Waals surface area contributed by atoms with Crippen LogP contribution in [0.5, 0.6) is 5.75 Å². The molecule has 0 fully saturated rings. The highest BCUT2D eigenvalue weighted by Crippen LogP contribution is 2.27. The van der Waals surface area contributed by atoms with Crippen LogP contribution in [0.25, 0.3) is 0 Å². The smallest absolute Gasteiger partial charge is 0.339 e. The molecular weight excluding hydrogens is 328 g/mol. The van der Waals surface area contributed by atoms with Crippen molar-refractivity contribution in [2.24, 2.45) is 0 Å². The van der Waals surface area contributed by atoms with E-state index in [0.29, 0.717) is 5.56 Å². The monoisotopic (exact) mass is 350 g/mol. The van der Waals surface area contributed by atoms with E-state index in [4.69, 9.17) is 9.47 Å². The molecule has 0 radical (unpaired) electrons. The van der Waals surface area contributed by atoms with E-state index in [-0.39, 0.29) is 29.9 Å². The first-order valence-electron chi connectivity index (χ1n) is 7.65. The molecule has 1 aromatic rings. The van der Waals surface area contributed by atoms with Gasteiger partial charge < -0.3 is 19.7 Å². The fraction of sp³-hybridized carbons (Fsp3) is 0.389. The van der Waals surface area contributed by atoms with E-state index in [1.165, 1.54) is 24.3 Å². The number of hydrogen-bond acceptors (Lipinski definition) is 5. The van der Waals surface area contributed by atoms with Crippen molar-refractivity contribution < 1.29 is 34.1 Å². The number of benzene rings is 1. The molecule has 7 nitrogen and oxygen atoms in total. The minimum Gasteiger partial charge on any atom is -0.491 e. The Morgan fingerprint density at radius 3 is 2.28 bits per heavy atom. The molecule has 25 heavy (non-hydrogen) atoms. The van der Waals surface area contributed by atoms with Gasteiger partial charge in [-0.3, -0.25) is 0 Å². The number of carbonyl (C=O) groups is 3. The maximum absolute atomic E-state index is 11.5. The SMILES string of the molecule is Cc1ccc(C(=O)O)c(OCCC=CC(=O)OC(C)(C)C)c1C(=O)O. The molecule has 0 atom stereocenters. The van der Waals surface area contributed by atoms with Crippen molar-refractivity contribution in [2.45, 2.75) is 39.7 Å². The number of aryl methyl sites for hydroxylation is 1. The summed E-state index contributed by atoms with van der Waals surface area (Å²) in [5.74, 6) is -3.23. The van der Waals surface area contributed by atoms with Crippen molar-refractivity contribution in [3.63, 3.8) is 0 Å². The van der Waals surface area contributed by atoms with Gasteiger partial charge in [-0.15, -0.1) is 0 Å². The molecular formula is C18H22O7. The van der Waals surface area contributed by atoms with Crippen LogP contribution in [0.15, 0.2) is 24.3 Å². The molecule has 0 aliphatic rings. The zero-order valence-corrected chi connectivity index (χ0v) is 14.7. The van der Waals surface area contributed by atoms with Crippen LogP contribution < -0.4 is 4.74 Å². The van der Waals surface area contributed by atoms with Crippen molar-refractivity contribution >= 4 is 17.9 Å². The number of aromatic carboxylic acids is 2. The molecule has 0 bridgehead atoms. The Balaban J connectivity index is 2.80. The van der Waals surface area contributed by atoms with Crippen molar-refractivity contribution in [3.8, 4) is 5.75 Å². The van der Waals surface area contributed by atoms with Crippen LogP contribution in [-0.4, -0.2) is 40.3 Å². The van der Waals surface area contributed by atoms with Crippen LogP contribution >= 0.6 is 0 Å². The molecule has 0 saturated carbocycles. The second-order valence-electron chi connectivity index (χ2n) is 6.32. The van der Waals surface area contributed by atoms with Crippen molar-refractivity contribution in [2.75, 3.05) is 6.61 Å². The van der Waals surface area contributed by atoms with E-state index in [1.54, 1.807) is 27.7 Å². The van der Waals surface area contributed by atoms with Crippen LogP contribution in [0.3, 0.4) is 0 Å². The summed E-state index contributed by atoms with van der Waals surface area (Å²) < 4.78 is 10.5. The maximum atomic E-state index is 11.5. The fourth-order valence-corrected chi connectivity index (χ4v) is 2.01. The molecule has 0 aliphatic heterocycles. The summed E-state index contributed by atoms with van der Waals surface area (Å²) in [5.41, 5.74) is -0.598. The van der Waals surface area contributed by atoms with Gasteiger partial charge in [-0.25, -0.2) is 14.4 Å². The molecule has 0 amide bonds. The van der Waals surface area contributed by atoms with Gasteiger partial charge in [0.15, 0.2) is 0 Å². The Hall–Kier alpha value is -2.83. The quantitative estimate of drug-likeness (QED) is 0.442. The molecule has 1 aromatic carbocycles.